The number of halogens is 1. The molecule has 2 atom stereocenters. The van der Waals surface area contributed by atoms with E-state index >= 15 is 0 Å². The summed E-state index contributed by atoms with van der Waals surface area (Å²) in [6, 6.07) is 37.4. The number of aromatic nitrogens is 12. The largest absolute Gasteiger partial charge is 0.497 e. The summed E-state index contributed by atoms with van der Waals surface area (Å²) in [7, 11) is 10.0. The molecule has 2 fully saturated rings. The number of thiocarbonyl (C=S) groups is 3. The number of hydrogen-bond donors (Lipinski definition) is 7. The van der Waals surface area contributed by atoms with Crippen LogP contribution in [-0.2, 0) is 43.3 Å². The molecule has 1 unspecified atom stereocenters. The average Bonchev–Trinajstić information content (AvgIpc) is 1.72. The molecule has 12 aromatic rings. The molecule has 8 aromatic heterocycles. The maximum Gasteiger partial charge on any atom is 0.228 e. The number of pyridine rings is 4. The Bertz CT molecular complexity index is 6110. The first-order chi connectivity index (χ1) is 60.2. The van der Waals surface area contributed by atoms with E-state index in [0.29, 0.717) is 72.1 Å². The first-order valence-corrected chi connectivity index (χ1v) is 43.8. The second kappa shape index (κ2) is 39.0. The number of likely N-dealkylation sites (N-methyl/N-ethyl adjacent to an activating group) is 3. The van der Waals surface area contributed by atoms with Crippen molar-refractivity contribution >= 4 is 138 Å². The number of amides is 1. The lowest BCUT2D eigenvalue weighted by atomic mass is 10.0. The third kappa shape index (κ3) is 21.3. The van der Waals surface area contributed by atoms with Crippen LogP contribution in [0.5, 0.6) is 5.75 Å². The Morgan fingerprint density at radius 3 is 1.62 bits per heavy atom. The summed E-state index contributed by atoms with van der Waals surface area (Å²) in [6.45, 7) is 26.1. The molecule has 30 heteroatoms. The lowest BCUT2D eigenvalue weighted by molar-refractivity contribution is -0.115. The second-order valence-electron chi connectivity index (χ2n) is 33.0. The maximum absolute atomic E-state index is 12.4. The highest BCUT2D eigenvalue weighted by molar-refractivity contribution is 7.81. The third-order valence-electron chi connectivity index (χ3n) is 23.2. The molecule has 14 heterocycles. The summed E-state index contributed by atoms with van der Waals surface area (Å²) in [5.74, 6) is 3.90. The van der Waals surface area contributed by atoms with E-state index < -0.39 is 0 Å². The van der Waals surface area contributed by atoms with E-state index in [4.69, 9.17) is 87.9 Å². The highest BCUT2D eigenvalue weighted by Gasteiger charge is 2.30. The minimum atomic E-state index is -0.104. The zero-order valence-electron chi connectivity index (χ0n) is 73.1. The van der Waals surface area contributed by atoms with Gasteiger partial charge in [-0.2, -0.15) is 0 Å². The van der Waals surface area contributed by atoms with Crippen molar-refractivity contribution in [1.29, 1.82) is 0 Å². The number of ether oxygens (including phenoxy) is 1. The van der Waals surface area contributed by atoms with E-state index in [2.05, 4.69) is 204 Å². The Labute approximate surface area is 752 Å². The molecule has 4 aromatic carbocycles. The van der Waals surface area contributed by atoms with Gasteiger partial charge in [0.25, 0.3) is 0 Å². The lowest BCUT2D eigenvalue weighted by Crippen LogP contribution is -2.51. The molecule has 0 spiro atoms. The van der Waals surface area contributed by atoms with Crippen molar-refractivity contribution in [3.8, 4) is 50.8 Å². The molecule has 1 amide bonds. The number of aryl methyl sites for hydroxylation is 8. The number of carbonyl (C=O) groups excluding carboxylic acids is 1. The van der Waals surface area contributed by atoms with Crippen LogP contribution in [0.25, 0.3) is 45.0 Å². The number of rotatable bonds is 17. The number of nitrogens with one attached hydrogen (secondary N) is 7. The standard InChI is InChI=1S/C27H32N6S.C24H26ClN7S.C24H28N6O2.C20H19N5S/c1-5-32-8-9-33(16-18(32)3)22-11-20(19(4)28-15-22)12-25-29-14-21-13-26(34)30-24-10-17(2)6-7-23(24)27(21)31-25;1-14-19(6-7-21(27-14)32(3)17-8-9-31(2)13-17)29-24-26-12-15-10-22(33)28-20-11-16(25)4-5-18(20)23(15)30-24;1-15-20(10-16(13-25-15)6-5-9-30(2)3)28-24-26-14-17-11-22(31)27-21-12-18(32-4)7-8-19(21)23(17)29-24;1-11-4-6-15-17(8-11)23-18(26)9-14-10-21-20(25-19(14)15)24-16-7-5-12(2)22-13(16)3/h6-7,10-11,14-15,18H,5,8-9,12-13,16H2,1-4H3,(H,30,34);4-7,11-12,17H,8-10,13H2,1-3H3,(H,28,33)(H,26,29,30);7-8,10,12-14H,5-6,9,11H2,1-4H3,(H,27,31)(H,26,28,29);4-8,10H,9H2,1-3H3,(H,23,26)(H,21,24,25)/t18-;;;/m0.../s1. The van der Waals surface area contributed by atoms with E-state index in [9.17, 15) is 4.79 Å². The molecule has 0 radical (unpaired) electrons. The number of piperazine rings is 1. The van der Waals surface area contributed by atoms with Crippen molar-refractivity contribution in [2.45, 2.75) is 126 Å². The molecule has 0 aliphatic carbocycles. The number of hydrogen-bond acceptors (Lipinski definition) is 25. The summed E-state index contributed by atoms with van der Waals surface area (Å²) in [5.41, 5.74) is 28.0. The first-order valence-electron chi connectivity index (χ1n) is 42.2. The molecule has 26 nitrogen and oxygen atoms in total. The molecule has 125 heavy (non-hydrogen) atoms. The van der Waals surface area contributed by atoms with Gasteiger partial charge in [0, 0.05) is 186 Å². The number of fused-ring (bicyclic) bond motifs is 12. The van der Waals surface area contributed by atoms with Crippen LogP contribution in [0.3, 0.4) is 0 Å². The van der Waals surface area contributed by atoms with Crippen LogP contribution in [0.1, 0.15) is 105 Å². The minimum Gasteiger partial charge on any atom is -0.497 e. The van der Waals surface area contributed by atoms with Gasteiger partial charge < -0.3 is 61.6 Å². The van der Waals surface area contributed by atoms with Gasteiger partial charge in [0.2, 0.25) is 23.8 Å². The molecule has 642 valence electrons. The quantitative estimate of drug-likeness (QED) is 0.0417. The molecule has 0 saturated carbocycles. The zero-order valence-corrected chi connectivity index (χ0v) is 76.3. The van der Waals surface area contributed by atoms with E-state index in [-0.39, 0.29) is 12.3 Å². The fraction of sp³-hybridized carbons (Fsp3) is 0.326. The van der Waals surface area contributed by atoms with Crippen molar-refractivity contribution in [3.05, 3.63) is 230 Å². The number of methoxy groups -OCH3 is 1. The predicted octanol–water partition coefficient (Wildman–Crippen LogP) is 17.3. The van der Waals surface area contributed by atoms with Gasteiger partial charge in [-0.1, -0.05) is 79.4 Å². The highest BCUT2D eigenvalue weighted by atomic mass is 35.5. The average molecular weight is 1750 g/mol. The number of likely N-dealkylation sites (tertiary alicyclic amines) is 1. The molecule has 18 rings (SSSR count). The Balaban J connectivity index is 0.000000129. The first kappa shape index (κ1) is 87.8. The van der Waals surface area contributed by atoms with Crippen LogP contribution < -0.4 is 51.8 Å². The summed E-state index contributed by atoms with van der Waals surface area (Å²) < 4.78 is 5.31. The van der Waals surface area contributed by atoms with Crippen molar-refractivity contribution in [3.63, 3.8) is 0 Å². The monoisotopic (exact) mass is 1740 g/mol. The zero-order chi connectivity index (χ0) is 87.9. The van der Waals surface area contributed by atoms with Gasteiger partial charge in [-0.05, 0) is 217 Å². The molecular formula is C95H105ClN24O2S3. The summed E-state index contributed by atoms with van der Waals surface area (Å²) in [6.07, 6.45) is 17.2. The maximum atomic E-state index is 12.4. The summed E-state index contributed by atoms with van der Waals surface area (Å²) in [5, 5.41) is 23.5. The Hall–Kier alpha value is -12.1. The topological polar surface area (TPSA) is 281 Å². The van der Waals surface area contributed by atoms with Crippen LogP contribution in [0, 0.1) is 48.5 Å². The van der Waals surface area contributed by atoms with Crippen LogP contribution in [0.4, 0.5) is 69.2 Å². The molecule has 2 saturated heterocycles. The van der Waals surface area contributed by atoms with Crippen LogP contribution >= 0.6 is 48.3 Å². The van der Waals surface area contributed by atoms with Gasteiger partial charge in [0.1, 0.15) is 17.4 Å². The number of carbonyl (C=O) groups is 1. The van der Waals surface area contributed by atoms with Crippen LogP contribution in [0.15, 0.2) is 146 Å². The van der Waals surface area contributed by atoms with Crippen molar-refractivity contribution in [2.75, 3.05) is 128 Å². The van der Waals surface area contributed by atoms with Gasteiger partial charge in [0.15, 0.2) is 0 Å². The normalized spacial score (nSPS) is 15.5. The third-order valence-corrected chi connectivity index (χ3v) is 24.1. The van der Waals surface area contributed by atoms with Gasteiger partial charge in [0.05, 0.1) is 103 Å². The number of nitrogens with zero attached hydrogens (tertiary/aromatic N) is 17. The Morgan fingerprint density at radius 1 is 0.528 bits per heavy atom. The number of anilines is 12. The van der Waals surface area contributed by atoms with Crippen LogP contribution in [0.2, 0.25) is 5.02 Å². The fourth-order valence-corrected chi connectivity index (χ4v) is 17.2. The van der Waals surface area contributed by atoms with E-state index in [1.54, 1.807) is 13.3 Å². The lowest BCUT2D eigenvalue weighted by Gasteiger charge is -2.40. The highest BCUT2D eigenvalue weighted by Crippen LogP contribution is 2.41. The van der Waals surface area contributed by atoms with Crippen molar-refractivity contribution in [1.82, 2.24) is 74.5 Å². The van der Waals surface area contributed by atoms with E-state index in [0.717, 1.165) is 222 Å². The molecule has 6 aliphatic rings. The van der Waals surface area contributed by atoms with E-state index in [1.807, 2.05) is 113 Å². The number of benzene rings is 4. The van der Waals surface area contributed by atoms with Gasteiger partial charge in [-0.25, -0.2) is 44.9 Å². The van der Waals surface area contributed by atoms with Gasteiger partial charge in [-0.3, -0.25) is 24.6 Å². The van der Waals surface area contributed by atoms with Crippen molar-refractivity contribution < 1.29 is 9.53 Å². The summed E-state index contributed by atoms with van der Waals surface area (Å²) >= 11 is 22.7. The minimum absolute atomic E-state index is 0.104. The molecule has 0 bridgehead atoms. The van der Waals surface area contributed by atoms with E-state index in [1.165, 1.54) is 27.9 Å². The molecular weight excluding hydrogens is 1640 g/mol. The predicted molar refractivity (Wildman–Crippen MR) is 516 cm³/mol. The Kier molecular flexibility index (Phi) is 27.4. The van der Waals surface area contributed by atoms with Crippen molar-refractivity contribution in [2.24, 2.45) is 0 Å². The molecule has 6 aliphatic heterocycles. The second-order valence-corrected chi connectivity index (χ2v) is 34.9. The smallest absolute Gasteiger partial charge is 0.228 e. The Morgan fingerprint density at radius 2 is 1.06 bits per heavy atom. The SMILES string of the molecule is CCN1CCN(c2cnc(C)c(Cc3ncc4c(n3)-c3ccc(C)cc3NC(=S)C4)c2)C[C@@H]1C.COc1ccc2c(c1)NC(=O)Cc1cnc(Nc3cc(CCCN(C)C)cnc3C)nc1-2.Cc1ccc2c(c1)NC(=S)Cc1cnc(Nc3ccc(C)nc3C)nc1-2.Cc1nc(N(C)C2CCN(C)C2)ccc1Nc1ncc2c(n1)-c1ccc(Cl)cc1NC(=S)C2. The molecule has 7 N–H and O–H groups in total. The fourth-order valence-electron chi connectivity index (χ4n) is 16.3. The van der Waals surface area contributed by atoms with Crippen LogP contribution in [-0.4, -0.2) is 189 Å². The summed E-state index contributed by atoms with van der Waals surface area (Å²) in [4.78, 5) is 82.7. The van der Waals surface area contributed by atoms with Gasteiger partial charge in [-0.15, -0.1) is 0 Å². The van der Waals surface area contributed by atoms with Gasteiger partial charge >= 0.3 is 0 Å².